The van der Waals surface area contributed by atoms with E-state index in [9.17, 15) is 4.79 Å². The van der Waals surface area contributed by atoms with Crippen LogP contribution in [-0.4, -0.2) is 16.4 Å². The van der Waals surface area contributed by atoms with Crippen LogP contribution in [0.2, 0.25) is 0 Å². The molecule has 1 aromatic heterocycles. The van der Waals surface area contributed by atoms with Crippen molar-refractivity contribution in [2.24, 2.45) is 0 Å². The monoisotopic (exact) mass is 289 g/mol. The Labute approximate surface area is 128 Å². The summed E-state index contributed by atoms with van der Waals surface area (Å²) >= 11 is 0. The molecule has 0 unspecified atom stereocenters. The molecule has 0 aromatic carbocycles. The van der Waals surface area contributed by atoms with Crippen molar-refractivity contribution in [1.29, 1.82) is 5.26 Å². The van der Waals surface area contributed by atoms with Crippen LogP contribution < -0.4 is 5.32 Å². The lowest BCUT2D eigenvalue weighted by Gasteiger charge is -2.13. The Morgan fingerprint density at radius 3 is 2.29 bits per heavy atom. The minimum atomic E-state index is -0.285. The molecule has 1 aromatic rings. The molecule has 4 heteroatoms. The fourth-order valence-corrected chi connectivity index (χ4v) is 1.71. The van der Waals surface area contributed by atoms with E-state index in [4.69, 9.17) is 5.26 Å². The predicted molar refractivity (Wildman–Crippen MR) is 86.1 cm³/mol. The van der Waals surface area contributed by atoms with Gasteiger partial charge in [0.25, 0.3) is 5.91 Å². The van der Waals surface area contributed by atoms with Crippen LogP contribution in [0.1, 0.15) is 68.7 Å². The van der Waals surface area contributed by atoms with Crippen LogP contribution >= 0.6 is 0 Å². The largest absolute Gasteiger partial charge is 0.344 e. The molecule has 0 atom stereocenters. The summed E-state index contributed by atoms with van der Waals surface area (Å²) in [7, 11) is 0. The minimum absolute atomic E-state index is 0.180. The van der Waals surface area contributed by atoms with Gasteiger partial charge in [0.1, 0.15) is 5.69 Å². The number of nitrogens with one attached hydrogen (secondary N) is 1. The number of carbonyl (C=O) groups excluding carboxylic acids is 1. The van der Waals surface area contributed by atoms with Crippen LogP contribution in [0.15, 0.2) is 12.1 Å². The zero-order valence-electron chi connectivity index (χ0n) is 14.1. The number of carbonyl (C=O) groups is 1. The lowest BCUT2D eigenvalue weighted by Crippen LogP contribution is -2.37. The second kappa shape index (κ2) is 9.12. The first-order chi connectivity index (χ1) is 10.1. The summed E-state index contributed by atoms with van der Waals surface area (Å²) < 4.78 is 0. The molecule has 1 fully saturated rings. The number of nitrogens with zero attached hydrogens (tertiary/aromatic N) is 2. The number of aromatic nitrogens is 1. The topological polar surface area (TPSA) is 65.8 Å². The molecule has 2 rings (SSSR count). The molecule has 0 aliphatic heterocycles. The molecule has 1 saturated carbocycles. The van der Waals surface area contributed by atoms with Gasteiger partial charge in [-0.05, 0) is 38.3 Å². The standard InChI is InChI=1S/C13H15N3O.2C2H6/c1-9-3-4-11(15-10(9)2)12(17)16-13(5-6-13)7-8-14;2*1-2/h3-4H,5-7H2,1-2H3,(H,16,17);2*1-2H3. The lowest BCUT2D eigenvalue weighted by molar-refractivity contribution is 0.0927. The average molecular weight is 289 g/mol. The molecule has 21 heavy (non-hydrogen) atoms. The van der Waals surface area contributed by atoms with Crippen molar-refractivity contribution in [3.05, 3.63) is 29.1 Å². The molecule has 4 nitrogen and oxygen atoms in total. The van der Waals surface area contributed by atoms with Crippen molar-refractivity contribution >= 4 is 5.91 Å². The molecular formula is C17H27N3O. The van der Waals surface area contributed by atoms with Crippen molar-refractivity contribution in [2.45, 2.75) is 66.3 Å². The van der Waals surface area contributed by atoms with Crippen molar-refractivity contribution in [3.8, 4) is 6.07 Å². The van der Waals surface area contributed by atoms with Crippen molar-refractivity contribution in [2.75, 3.05) is 0 Å². The number of hydrogen-bond acceptors (Lipinski definition) is 3. The third kappa shape index (κ3) is 5.55. The maximum atomic E-state index is 12.0. The fourth-order valence-electron chi connectivity index (χ4n) is 1.71. The summed E-state index contributed by atoms with van der Waals surface area (Å²) in [5.74, 6) is -0.180. The van der Waals surface area contributed by atoms with Gasteiger partial charge in [0.2, 0.25) is 0 Å². The minimum Gasteiger partial charge on any atom is -0.344 e. The second-order valence-electron chi connectivity index (χ2n) is 4.67. The van der Waals surface area contributed by atoms with Crippen LogP contribution in [0.4, 0.5) is 0 Å². The van der Waals surface area contributed by atoms with Gasteiger partial charge in [-0.3, -0.25) is 4.79 Å². The SMILES string of the molecule is CC.CC.Cc1ccc(C(=O)NC2(CC#N)CC2)nc1C. The van der Waals surface area contributed by atoms with Gasteiger partial charge in [0.05, 0.1) is 18.0 Å². The third-order valence-electron chi connectivity index (χ3n) is 3.23. The normalized spacial score (nSPS) is 13.6. The van der Waals surface area contributed by atoms with Gasteiger partial charge in [0.15, 0.2) is 0 Å². The maximum Gasteiger partial charge on any atom is 0.270 e. The van der Waals surface area contributed by atoms with Crippen molar-refractivity contribution in [3.63, 3.8) is 0 Å². The first kappa shape index (κ1) is 19.1. The highest BCUT2D eigenvalue weighted by Crippen LogP contribution is 2.38. The van der Waals surface area contributed by atoms with Gasteiger partial charge >= 0.3 is 0 Å². The quantitative estimate of drug-likeness (QED) is 0.917. The van der Waals surface area contributed by atoms with Crippen LogP contribution in [0.5, 0.6) is 0 Å². The number of amides is 1. The van der Waals surface area contributed by atoms with Gasteiger partial charge in [-0.15, -0.1) is 0 Å². The maximum absolute atomic E-state index is 12.0. The number of rotatable bonds is 3. The van der Waals surface area contributed by atoms with E-state index < -0.39 is 0 Å². The highest BCUT2D eigenvalue weighted by Gasteiger charge is 2.44. The first-order valence-electron chi connectivity index (χ1n) is 7.70. The van der Waals surface area contributed by atoms with Gasteiger partial charge in [0, 0.05) is 5.69 Å². The summed E-state index contributed by atoms with van der Waals surface area (Å²) in [4.78, 5) is 16.2. The number of hydrogen-bond donors (Lipinski definition) is 1. The summed E-state index contributed by atoms with van der Waals surface area (Å²) in [6.45, 7) is 11.8. The molecule has 116 valence electrons. The van der Waals surface area contributed by atoms with Crippen LogP contribution in [0.3, 0.4) is 0 Å². The van der Waals surface area contributed by atoms with E-state index in [-0.39, 0.29) is 11.4 Å². The zero-order chi connectivity index (χ0) is 16.5. The second-order valence-corrected chi connectivity index (χ2v) is 4.67. The van der Waals surface area contributed by atoms with E-state index in [1.54, 1.807) is 6.07 Å². The molecule has 0 bridgehead atoms. The fraction of sp³-hybridized carbons (Fsp3) is 0.588. The number of aryl methyl sites for hydroxylation is 2. The van der Waals surface area contributed by atoms with Gasteiger partial charge in [-0.2, -0.15) is 5.26 Å². The van der Waals surface area contributed by atoms with Crippen molar-refractivity contribution in [1.82, 2.24) is 10.3 Å². The molecule has 1 aliphatic rings. The molecule has 0 saturated heterocycles. The molecule has 1 N–H and O–H groups in total. The number of nitriles is 1. The molecule has 1 amide bonds. The Hall–Kier alpha value is -1.89. The first-order valence-corrected chi connectivity index (χ1v) is 7.70. The van der Waals surface area contributed by atoms with E-state index in [2.05, 4.69) is 16.4 Å². The number of pyridine rings is 1. The Morgan fingerprint density at radius 1 is 1.29 bits per heavy atom. The molecule has 1 aliphatic carbocycles. The Kier molecular flexibility index (Phi) is 8.30. The molecular weight excluding hydrogens is 262 g/mol. The van der Waals surface area contributed by atoms with Crippen LogP contribution in [-0.2, 0) is 0 Å². The highest BCUT2D eigenvalue weighted by atomic mass is 16.2. The molecule has 0 radical (unpaired) electrons. The Morgan fingerprint density at radius 2 is 1.86 bits per heavy atom. The third-order valence-corrected chi connectivity index (χ3v) is 3.23. The predicted octanol–water partition coefficient (Wildman–Crippen LogP) is 3.93. The highest BCUT2D eigenvalue weighted by molar-refractivity contribution is 5.93. The smallest absolute Gasteiger partial charge is 0.270 e. The van der Waals surface area contributed by atoms with Gasteiger partial charge < -0.3 is 5.32 Å². The summed E-state index contributed by atoms with van der Waals surface area (Å²) in [5, 5.41) is 11.6. The Bertz CT molecular complexity index is 499. The molecule has 1 heterocycles. The summed E-state index contributed by atoms with van der Waals surface area (Å²) in [6.07, 6.45) is 2.15. The van der Waals surface area contributed by atoms with E-state index in [1.165, 1.54) is 0 Å². The van der Waals surface area contributed by atoms with E-state index in [0.717, 1.165) is 24.1 Å². The van der Waals surface area contributed by atoms with E-state index >= 15 is 0 Å². The average Bonchev–Trinajstić information content (AvgIpc) is 3.26. The van der Waals surface area contributed by atoms with Crippen molar-refractivity contribution < 1.29 is 4.79 Å². The van der Waals surface area contributed by atoms with Gasteiger partial charge in [-0.1, -0.05) is 33.8 Å². The zero-order valence-corrected chi connectivity index (χ0v) is 14.1. The molecule has 0 spiro atoms. The summed E-state index contributed by atoms with van der Waals surface area (Å²) in [5.41, 5.74) is 2.08. The van der Waals surface area contributed by atoms with Gasteiger partial charge in [-0.25, -0.2) is 4.98 Å². The lowest BCUT2D eigenvalue weighted by atomic mass is 10.1. The van der Waals surface area contributed by atoms with Crippen LogP contribution in [0.25, 0.3) is 0 Å². The van der Waals surface area contributed by atoms with E-state index in [0.29, 0.717) is 12.1 Å². The van der Waals surface area contributed by atoms with Crippen LogP contribution in [0, 0.1) is 25.2 Å². The van der Waals surface area contributed by atoms with E-state index in [1.807, 2.05) is 47.6 Å². The Balaban J connectivity index is 0.000000921. The summed E-state index contributed by atoms with van der Waals surface area (Å²) in [6, 6.07) is 5.72.